The zero-order valence-corrected chi connectivity index (χ0v) is 14.3. The Morgan fingerprint density at radius 1 is 1.20 bits per heavy atom. The maximum absolute atomic E-state index is 12.8. The minimum atomic E-state index is -0.286. The fourth-order valence-electron chi connectivity index (χ4n) is 2.50. The summed E-state index contributed by atoms with van der Waals surface area (Å²) in [7, 11) is 0. The molecule has 2 amide bonds. The van der Waals surface area contributed by atoms with Gasteiger partial charge in [-0.1, -0.05) is 36.4 Å². The second-order valence-electron chi connectivity index (χ2n) is 5.42. The highest BCUT2D eigenvalue weighted by Crippen LogP contribution is 2.17. The van der Waals surface area contributed by atoms with E-state index in [4.69, 9.17) is 0 Å². The minimum absolute atomic E-state index is 0.0583. The Hall–Kier alpha value is -2.99. The van der Waals surface area contributed by atoms with Crippen molar-refractivity contribution in [3.63, 3.8) is 0 Å². The summed E-state index contributed by atoms with van der Waals surface area (Å²) in [5.41, 5.74) is 0.544. The molecule has 1 heterocycles. The molecule has 0 saturated heterocycles. The largest absolute Gasteiger partial charge is 0.326 e. The summed E-state index contributed by atoms with van der Waals surface area (Å²) < 4.78 is 0. The molecule has 1 aromatic heterocycles. The van der Waals surface area contributed by atoms with Gasteiger partial charge in [-0.3, -0.25) is 9.59 Å². The number of anilines is 1. The van der Waals surface area contributed by atoms with Gasteiger partial charge < -0.3 is 10.2 Å². The van der Waals surface area contributed by atoms with Crippen molar-refractivity contribution in [2.45, 2.75) is 0 Å². The smallest absolute Gasteiger partial charge is 0.254 e. The van der Waals surface area contributed by atoms with Crippen LogP contribution < -0.4 is 5.32 Å². The molecule has 0 aliphatic rings. The van der Waals surface area contributed by atoms with Gasteiger partial charge in [-0.25, -0.2) is 4.98 Å². The molecule has 1 N–H and O–H groups in total. The first-order valence-corrected chi connectivity index (χ1v) is 8.63. The molecule has 6 heteroatoms. The third kappa shape index (κ3) is 4.10. The van der Waals surface area contributed by atoms with Crippen molar-refractivity contribution in [1.29, 1.82) is 0 Å². The molecule has 0 unspecified atom stereocenters. The Morgan fingerprint density at radius 3 is 2.72 bits per heavy atom. The number of benzene rings is 2. The number of hydrogen-bond donors (Lipinski definition) is 1. The van der Waals surface area contributed by atoms with Gasteiger partial charge in [-0.2, -0.15) is 0 Å². The lowest BCUT2D eigenvalue weighted by Crippen LogP contribution is -2.38. The van der Waals surface area contributed by atoms with Gasteiger partial charge in [0.25, 0.3) is 5.91 Å². The molecule has 126 valence electrons. The molecule has 0 aliphatic heterocycles. The molecule has 25 heavy (non-hydrogen) atoms. The van der Waals surface area contributed by atoms with Crippen LogP contribution in [-0.4, -0.2) is 34.8 Å². The number of rotatable bonds is 6. The van der Waals surface area contributed by atoms with Crippen LogP contribution in [0.4, 0.5) is 5.13 Å². The van der Waals surface area contributed by atoms with Crippen LogP contribution in [0.2, 0.25) is 0 Å². The van der Waals surface area contributed by atoms with E-state index >= 15 is 0 Å². The van der Waals surface area contributed by atoms with E-state index in [0.29, 0.717) is 10.7 Å². The SMILES string of the molecule is C=CCN(CC(=O)Nc1nccs1)C(=O)c1ccc2ccccc2c1. The van der Waals surface area contributed by atoms with Crippen LogP contribution in [0.1, 0.15) is 10.4 Å². The molecular formula is C19H17N3O2S. The average Bonchev–Trinajstić information content (AvgIpc) is 3.13. The van der Waals surface area contributed by atoms with Gasteiger partial charge in [0.1, 0.15) is 6.54 Å². The number of carbonyl (C=O) groups is 2. The van der Waals surface area contributed by atoms with Gasteiger partial charge in [0.2, 0.25) is 5.91 Å². The summed E-state index contributed by atoms with van der Waals surface area (Å²) in [6.45, 7) is 3.90. The Balaban J connectivity index is 1.77. The average molecular weight is 351 g/mol. The predicted octanol–water partition coefficient (Wildman–Crippen LogP) is 3.56. The van der Waals surface area contributed by atoms with E-state index in [9.17, 15) is 9.59 Å². The van der Waals surface area contributed by atoms with Crippen molar-refractivity contribution < 1.29 is 9.59 Å². The van der Waals surface area contributed by atoms with E-state index in [1.807, 2.05) is 36.4 Å². The van der Waals surface area contributed by atoms with E-state index in [2.05, 4.69) is 16.9 Å². The zero-order valence-electron chi connectivity index (χ0n) is 13.5. The third-order valence-corrected chi connectivity index (χ3v) is 4.33. The Labute approximate surface area is 149 Å². The van der Waals surface area contributed by atoms with Gasteiger partial charge in [0, 0.05) is 23.7 Å². The van der Waals surface area contributed by atoms with Crippen molar-refractivity contribution in [2.75, 3.05) is 18.4 Å². The van der Waals surface area contributed by atoms with Crippen molar-refractivity contribution in [2.24, 2.45) is 0 Å². The van der Waals surface area contributed by atoms with Gasteiger partial charge in [-0.15, -0.1) is 17.9 Å². The molecule has 2 aromatic carbocycles. The van der Waals surface area contributed by atoms with Crippen molar-refractivity contribution in [3.05, 3.63) is 72.3 Å². The number of nitrogens with zero attached hydrogens (tertiary/aromatic N) is 2. The van der Waals surface area contributed by atoms with E-state index in [1.165, 1.54) is 16.2 Å². The zero-order chi connectivity index (χ0) is 17.6. The van der Waals surface area contributed by atoms with E-state index in [-0.39, 0.29) is 24.9 Å². The number of thiazole rings is 1. The molecule has 0 aliphatic carbocycles. The normalized spacial score (nSPS) is 10.4. The van der Waals surface area contributed by atoms with E-state index in [0.717, 1.165) is 10.8 Å². The summed E-state index contributed by atoms with van der Waals surface area (Å²) in [6, 6.07) is 13.4. The summed E-state index contributed by atoms with van der Waals surface area (Å²) >= 11 is 1.33. The fraction of sp³-hybridized carbons (Fsp3) is 0.105. The second kappa shape index (κ2) is 7.72. The highest BCUT2D eigenvalue weighted by atomic mass is 32.1. The van der Waals surface area contributed by atoms with Crippen LogP contribution in [0, 0.1) is 0 Å². The Kier molecular flexibility index (Phi) is 5.20. The highest BCUT2D eigenvalue weighted by Gasteiger charge is 2.18. The number of aromatic nitrogens is 1. The van der Waals surface area contributed by atoms with Crippen LogP contribution in [0.5, 0.6) is 0 Å². The van der Waals surface area contributed by atoms with Gasteiger partial charge in [0.05, 0.1) is 0 Å². The fourth-order valence-corrected chi connectivity index (χ4v) is 3.04. The molecule has 0 atom stereocenters. The summed E-state index contributed by atoms with van der Waals surface area (Å²) in [5.74, 6) is -0.495. The topological polar surface area (TPSA) is 62.3 Å². The molecule has 0 bridgehead atoms. The number of hydrogen-bond acceptors (Lipinski definition) is 4. The van der Waals surface area contributed by atoms with Gasteiger partial charge >= 0.3 is 0 Å². The van der Waals surface area contributed by atoms with Gasteiger partial charge in [0.15, 0.2) is 5.13 Å². The maximum atomic E-state index is 12.8. The molecule has 3 rings (SSSR count). The molecule has 5 nitrogen and oxygen atoms in total. The van der Waals surface area contributed by atoms with Crippen molar-refractivity contribution >= 4 is 39.1 Å². The second-order valence-corrected chi connectivity index (χ2v) is 6.32. The van der Waals surface area contributed by atoms with Crippen molar-refractivity contribution in [1.82, 2.24) is 9.88 Å². The lowest BCUT2D eigenvalue weighted by Gasteiger charge is -2.20. The quantitative estimate of drug-likeness (QED) is 0.691. The first-order valence-electron chi connectivity index (χ1n) is 7.75. The van der Waals surface area contributed by atoms with E-state index in [1.54, 1.807) is 23.7 Å². The first kappa shape index (κ1) is 16.9. The van der Waals surface area contributed by atoms with Crippen LogP contribution >= 0.6 is 11.3 Å². The molecule has 0 saturated carbocycles. The minimum Gasteiger partial charge on any atom is -0.326 e. The third-order valence-electron chi connectivity index (χ3n) is 3.65. The van der Waals surface area contributed by atoms with E-state index < -0.39 is 0 Å². The molecule has 0 radical (unpaired) electrons. The summed E-state index contributed by atoms with van der Waals surface area (Å²) in [5, 5.41) is 7.03. The Bertz CT molecular complexity index is 906. The maximum Gasteiger partial charge on any atom is 0.254 e. The van der Waals surface area contributed by atoms with Crippen LogP contribution in [0.3, 0.4) is 0 Å². The van der Waals surface area contributed by atoms with Crippen LogP contribution in [0.25, 0.3) is 10.8 Å². The summed E-state index contributed by atoms with van der Waals surface area (Å²) in [4.78, 5) is 30.4. The number of amides is 2. The predicted molar refractivity (Wildman–Crippen MR) is 101 cm³/mol. The lowest BCUT2D eigenvalue weighted by molar-refractivity contribution is -0.116. The summed E-state index contributed by atoms with van der Waals surface area (Å²) in [6.07, 6.45) is 3.22. The van der Waals surface area contributed by atoms with Crippen LogP contribution in [-0.2, 0) is 4.79 Å². The number of fused-ring (bicyclic) bond motifs is 1. The van der Waals surface area contributed by atoms with Crippen molar-refractivity contribution in [3.8, 4) is 0 Å². The standard InChI is InChI=1S/C19H17N3O2S/c1-2-10-22(13-17(23)21-19-20-9-11-25-19)18(24)16-8-7-14-5-3-4-6-15(14)12-16/h2-9,11-12H,1,10,13H2,(H,20,21,23). The highest BCUT2D eigenvalue weighted by molar-refractivity contribution is 7.13. The molecule has 0 fully saturated rings. The first-order chi connectivity index (χ1) is 12.2. The number of carbonyl (C=O) groups excluding carboxylic acids is 2. The monoisotopic (exact) mass is 351 g/mol. The van der Waals surface area contributed by atoms with Crippen LogP contribution in [0.15, 0.2) is 66.7 Å². The lowest BCUT2D eigenvalue weighted by atomic mass is 10.1. The Morgan fingerprint density at radius 2 is 2.00 bits per heavy atom. The number of nitrogens with one attached hydrogen (secondary N) is 1. The molecule has 3 aromatic rings. The van der Waals surface area contributed by atoms with Gasteiger partial charge in [-0.05, 0) is 22.9 Å². The molecular weight excluding hydrogens is 334 g/mol. The molecule has 0 spiro atoms.